The van der Waals surface area contributed by atoms with E-state index in [1.807, 2.05) is 4.90 Å². The summed E-state index contributed by atoms with van der Waals surface area (Å²) in [6.45, 7) is 1.20. The topological polar surface area (TPSA) is 66.8 Å². The Hall–Kier alpha value is -2.04. The molecule has 0 aromatic heterocycles. The van der Waals surface area contributed by atoms with Gasteiger partial charge in [0.25, 0.3) is 0 Å². The summed E-state index contributed by atoms with van der Waals surface area (Å²) >= 11 is 0. The number of likely N-dealkylation sites (tertiary alicyclic amines) is 1. The van der Waals surface area contributed by atoms with E-state index in [4.69, 9.17) is 4.74 Å². The molecule has 5 aliphatic rings. The minimum Gasteiger partial charge on any atom is -0.497 e. The number of carboxylic acid groups (broad SMARTS) is 1. The van der Waals surface area contributed by atoms with Crippen molar-refractivity contribution >= 4 is 11.9 Å². The summed E-state index contributed by atoms with van der Waals surface area (Å²) in [6, 6.07) is 8.53. The van der Waals surface area contributed by atoms with E-state index < -0.39 is 5.97 Å². The standard InChI is InChI=1S/C24H31NO4/c1-29-20-4-2-19(3-5-20)23-11-16-10-17(12-23)14-24(13-16,15-23)22(28)25-8-6-18(7-9-25)21(26)27/h2-5,16-18H,6-15H2,1H3,(H,26,27). The number of ether oxygens (including phenoxy) is 1. The van der Waals surface area contributed by atoms with Gasteiger partial charge in [-0.2, -0.15) is 0 Å². The van der Waals surface area contributed by atoms with E-state index in [0.717, 1.165) is 25.0 Å². The zero-order valence-electron chi connectivity index (χ0n) is 17.2. The first-order valence-corrected chi connectivity index (χ1v) is 11.1. The average molecular weight is 398 g/mol. The molecule has 1 aromatic carbocycles. The molecule has 2 unspecified atom stereocenters. The third-order valence-corrected chi connectivity index (χ3v) is 8.35. The molecule has 0 radical (unpaired) electrons. The van der Waals surface area contributed by atoms with E-state index in [-0.39, 0.29) is 16.7 Å². The highest BCUT2D eigenvalue weighted by Gasteiger charge is 2.61. The Morgan fingerprint density at radius 1 is 1.03 bits per heavy atom. The molecule has 29 heavy (non-hydrogen) atoms. The largest absolute Gasteiger partial charge is 0.497 e. The predicted octanol–water partition coefficient (Wildman–Crippen LogP) is 3.86. The van der Waals surface area contributed by atoms with Crippen molar-refractivity contribution in [3.8, 4) is 5.75 Å². The molecule has 4 saturated carbocycles. The molecule has 1 aliphatic heterocycles. The highest BCUT2D eigenvalue weighted by molar-refractivity contribution is 5.84. The molecule has 2 atom stereocenters. The number of hydrogen-bond donors (Lipinski definition) is 1. The van der Waals surface area contributed by atoms with Crippen LogP contribution in [0.5, 0.6) is 5.75 Å². The van der Waals surface area contributed by atoms with Gasteiger partial charge in [-0.15, -0.1) is 0 Å². The first-order valence-electron chi connectivity index (χ1n) is 11.1. The lowest BCUT2D eigenvalue weighted by Gasteiger charge is -2.62. The Labute approximate surface area is 172 Å². The quantitative estimate of drug-likeness (QED) is 0.838. The van der Waals surface area contributed by atoms with Crippen molar-refractivity contribution in [3.05, 3.63) is 29.8 Å². The van der Waals surface area contributed by atoms with Crippen LogP contribution in [0, 0.1) is 23.2 Å². The van der Waals surface area contributed by atoms with Gasteiger partial charge in [-0.25, -0.2) is 0 Å². The van der Waals surface area contributed by atoms with E-state index in [0.29, 0.717) is 43.7 Å². The van der Waals surface area contributed by atoms with E-state index in [1.165, 1.54) is 24.8 Å². The van der Waals surface area contributed by atoms with Gasteiger partial charge in [0, 0.05) is 13.1 Å². The molecule has 156 valence electrons. The average Bonchev–Trinajstić information content (AvgIpc) is 2.72. The van der Waals surface area contributed by atoms with Gasteiger partial charge >= 0.3 is 5.97 Å². The van der Waals surface area contributed by atoms with Crippen molar-refractivity contribution in [1.29, 1.82) is 0 Å². The van der Waals surface area contributed by atoms with Gasteiger partial charge in [0.2, 0.25) is 5.91 Å². The zero-order valence-corrected chi connectivity index (χ0v) is 17.2. The highest BCUT2D eigenvalue weighted by atomic mass is 16.5. The van der Waals surface area contributed by atoms with Crippen LogP contribution in [-0.4, -0.2) is 42.1 Å². The maximum atomic E-state index is 13.8. The minimum atomic E-state index is -0.717. The molecule has 5 heteroatoms. The molecule has 4 bridgehead atoms. The van der Waals surface area contributed by atoms with Gasteiger partial charge in [-0.05, 0) is 86.3 Å². The second kappa shape index (κ2) is 6.75. The van der Waals surface area contributed by atoms with Crippen LogP contribution >= 0.6 is 0 Å². The van der Waals surface area contributed by atoms with Gasteiger partial charge in [0.05, 0.1) is 18.4 Å². The summed E-state index contributed by atoms with van der Waals surface area (Å²) in [5, 5.41) is 9.28. The number of aliphatic carboxylic acids is 1. The third-order valence-electron chi connectivity index (χ3n) is 8.35. The summed E-state index contributed by atoms with van der Waals surface area (Å²) in [5.74, 6) is 1.46. The fourth-order valence-electron chi connectivity index (χ4n) is 7.46. The van der Waals surface area contributed by atoms with E-state index >= 15 is 0 Å². The number of amides is 1. The molecule has 1 heterocycles. The van der Waals surface area contributed by atoms with Crippen LogP contribution in [0.2, 0.25) is 0 Å². The normalized spacial score (nSPS) is 36.2. The predicted molar refractivity (Wildman–Crippen MR) is 109 cm³/mol. The first kappa shape index (κ1) is 19.0. The second-order valence-electron chi connectivity index (χ2n) is 10.2. The fourth-order valence-corrected chi connectivity index (χ4v) is 7.46. The van der Waals surface area contributed by atoms with Crippen molar-refractivity contribution in [1.82, 2.24) is 4.90 Å². The molecular formula is C24H31NO4. The number of benzene rings is 1. The molecule has 5 nitrogen and oxygen atoms in total. The minimum absolute atomic E-state index is 0.116. The van der Waals surface area contributed by atoms with Gasteiger partial charge in [0.15, 0.2) is 0 Å². The van der Waals surface area contributed by atoms with Crippen LogP contribution in [0.3, 0.4) is 0 Å². The SMILES string of the molecule is COc1ccc(C23CC4CC(CC(C(=O)N5CCC(C(=O)O)CC5)(C4)C2)C3)cc1. The summed E-state index contributed by atoms with van der Waals surface area (Å²) < 4.78 is 5.35. The summed E-state index contributed by atoms with van der Waals surface area (Å²) in [7, 11) is 1.70. The Morgan fingerprint density at radius 2 is 1.66 bits per heavy atom. The lowest BCUT2D eigenvalue weighted by molar-refractivity contribution is -0.163. The van der Waals surface area contributed by atoms with Gasteiger partial charge in [0.1, 0.15) is 5.75 Å². The highest BCUT2D eigenvalue weighted by Crippen LogP contribution is 2.66. The number of hydrogen-bond acceptors (Lipinski definition) is 3. The van der Waals surface area contributed by atoms with Gasteiger partial charge in [-0.1, -0.05) is 12.1 Å². The number of carboxylic acids is 1. The number of carbonyl (C=O) groups is 2. The fraction of sp³-hybridized carbons (Fsp3) is 0.667. The van der Waals surface area contributed by atoms with E-state index in [9.17, 15) is 14.7 Å². The number of methoxy groups -OCH3 is 1. The molecule has 1 saturated heterocycles. The lowest BCUT2D eigenvalue weighted by atomic mass is 9.42. The van der Waals surface area contributed by atoms with Crippen molar-refractivity contribution in [3.63, 3.8) is 0 Å². The second-order valence-corrected chi connectivity index (χ2v) is 10.2. The number of rotatable bonds is 4. The third kappa shape index (κ3) is 3.04. The van der Waals surface area contributed by atoms with Crippen LogP contribution in [-0.2, 0) is 15.0 Å². The van der Waals surface area contributed by atoms with Crippen molar-refractivity contribution in [2.45, 2.75) is 56.8 Å². The molecule has 0 spiro atoms. The molecule has 1 aromatic rings. The Kier molecular flexibility index (Phi) is 4.41. The number of nitrogens with zero attached hydrogens (tertiary/aromatic N) is 1. The van der Waals surface area contributed by atoms with Crippen molar-refractivity contribution in [2.24, 2.45) is 23.2 Å². The maximum Gasteiger partial charge on any atom is 0.306 e. The number of piperidine rings is 1. The molecule has 6 rings (SSSR count). The summed E-state index contributed by atoms with van der Waals surface area (Å²) in [4.78, 5) is 27.0. The maximum absolute atomic E-state index is 13.8. The molecule has 5 fully saturated rings. The van der Waals surface area contributed by atoms with Gasteiger partial charge < -0.3 is 14.7 Å². The summed E-state index contributed by atoms with van der Waals surface area (Å²) in [5.41, 5.74) is 1.25. The van der Waals surface area contributed by atoms with Crippen LogP contribution in [0.15, 0.2) is 24.3 Å². The van der Waals surface area contributed by atoms with E-state index in [2.05, 4.69) is 24.3 Å². The smallest absolute Gasteiger partial charge is 0.306 e. The summed E-state index contributed by atoms with van der Waals surface area (Å²) in [6.07, 6.45) is 7.86. The lowest BCUT2D eigenvalue weighted by Crippen LogP contribution is -2.60. The molecule has 1 N–H and O–H groups in total. The Morgan fingerprint density at radius 3 is 2.21 bits per heavy atom. The Balaban J connectivity index is 1.40. The van der Waals surface area contributed by atoms with Crippen molar-refractivity contribution < 1.29 is 19.4 Å². The molecular weight excluding hydrogens is 366 g/mol. The van der Waals surface area contributed by atoms with Crippen LogP contribution in [0.1, 0.15) is 56.9 Å². The number of carbonyl (C=O) groups excluding carboxylic acids is 1. The molecule has 1 amide bonds. The van der Waals surface area contributed by atoms with Crippen LogP contribution < -0.4 is 4.74 Å². The van der Waals surface area contributed by atoms with E-state index in [1.54, 1.807) is 7.11 Å². The van der Waals surface area contributed by atoms with Crippen LogP contribution in [0.25, 0.3) is 0 Å². The zero-order chi connectivity index (χ0) is 20.2. The van der Waals surface area contributed by atoms with Crippen LogP contribution in [0.4, 0.5) is 0 Å². The van der Waals surface area contributed by atoms with Crippen molar-refractivity contribution in [2.75, 3.05) is 20.2 Å². The first-order chi connectivity index (χ1) is 13.9. The Bertz CT molecular complexity index is 795. The molecule has 4 aliphatic carbocycles. The van der Waals surface area contributed by atoms with Gasteiger partial charge in [-0.3, -0.25) is 9.59 Å². The monoisotopic (exact) mass is 397 g/mol.